The van der Waals surface area contributed by atoms with Crippen molar-refractivity contribution in [2.75, 3.05) is 20.2 Å². The molecule has 7 heteroatoms. The van der Waals surface area contributed by atoms with Gasteiger partial charge in [0.2, 0.25) is 11.5 Å². The number of benzene rings is 2. The van der Waals surface area contributed by atoms with Crippen molar-refractivity contribution in [3.63, 3.8) is 0 Å². The molecule has 2 aromatic carbocycles. The van der Waals surface area contributed by atoms with Crippen molar-refractivity contribution in [1.29, 1.82) is 0 Å². The number of pyridine rings is 1. The SMILES string of the molecule is COc1cc(C(=O)N(Cc2ccc3ccccc3n2)C[C@@H]2CCCN2C2CCC2)cc2c1OC(C)(C)O2. The van der Waals surface area contributed by atoms with Crippen LogP contribution in [0.25, 0.3) is 10.9 Å². The Morgan fingerprint density at radius 1 is 1.11 bits per heavy atom. The molecule has 0 N–H and O–H groups in total. The van der Waals surface area contributed by atoms with Crippen LogP contribution in [0.15, 0.2) is 48.5 Å². The summed E-state index contributed by atoms with van der Waals surface area (Å²) < 4.78 is 17.5. The van der Waals surface area contributed by atoms with E-state index in [0.717, 1.165) is 29.6 Å². The number of likely N-dealkylation sites (tertiary alicyclic amines) is 1. The Bertz CT molecular complexity index is 1320. The van der Waals surface area contributed by atoms with E-state index in [1.54, 1.807) is 19.2 Å². The number of carbonyl (C=O) groups excluding carboxylic acids is 1. The number of hydrogen-bond acceptors (Lipinski definition) is 6. The molecule has 0 radical (unpaired) electrons. The number of para-hydroxylation sites is 1. The van der Waals surface area contributed by atoms with Gasteiger partial charge < -0.3 is 19.1 Å². The summed E-state index contributed by atoms with van der Waals surface area (Å²) in [4.78, 5) is 23.6. The second-order valence-electron chi connectivity index (χ2n) is 10.9. The number of fused-ring (bicyclic) bond motifs is 2. The van der Waals surface area contributed by atoms with Crippen LogP contribution in [0, 0.1) is 0 Å². The summed E-state index contributed by atoms with van der Waals surface area (Å²) in [6, 6.07) is 16.8. The highest BCUT2D eigenvalue weighted by Gasteiger charge is 2.38. The van der Waals surface area contributed by atoms with Gasteiger partial charge >= 0.3 is 0 Å². The lowest BCUT2D eigenvalue weighted by Crippen LogP contribution is -2.48. The number of nitrogens with zero attached hydrogens (tertiary/aromatic N) is 3. The second kappa shape index (κ2) is 9.53. The molecule has 1 aliphatic carbocycles. The maximum Gasteiger partial charge on any atom is 0.254 e. The lowest BCUT2D eigenvalue weighted by atomic mass is 9.91. The normalized spacial score (nSPS) is 20.7. The van der Waals surface area contributed by atoms with E-state index in [4.69, 9.17) is 19.2 Å². The third-order valence-corrected chi connectivity index (χ3v) is 7.88. The van der Waals surface area contributed by atoms with E-state index in [2.05, 4.69) is 17.0 Å². The van der Waals surface area contributed by atoms with E-state index in [1.807, 2.05) is 43.0 Å². The first-order valence-corrected chi connectivity index (χ1v) is 13.4. The van der Waals surface area contributed by atoms with E-state index >= 15 is 0 Å². The van der Waals surface area contributed by atoms with Gasteiger partial charge in [0.05, 0.1) is 24.9 Å². The zero-order chi connectivity index (χ0) is 25.6. The molecule has 1 saturated carbocycles. The minimum absolute atomic E-state index is 0.0511. The molecular weight excluding hydrogens is 466 g/mol. The van der Waals surface area contributed by atoms with Crippen LogP contribution < -0.4 is 14.2 Å². The summed E-state index contributed by atoms with van der Waals surface area (Å²) in [5.41, 5.74) is 2.36. The minimum atomic E-state index is -0.806. The molecule has 3 aromatic rings. The van der Waals surface area contributed by atoms with E-state index in [-0.39, 0.29) is 5.91 Å². The van der Waals surface area contributed by atoms with Crippen molar-refractivity contribution < 1.29 is 19.0 Å². The standard InChI is InChI=1S/C30H35N3O4/c1-30(2)36-27-17-21(16-26(35-3)28(27)37-30)29(34)32(19-24-11-7-15-33(24)23-9-6-10-23)18-22-14-13-20-8-4-5-12-25(20)31-22/h4-5,8,12-14,16-17,23-24H,6-7,9-11,15,18-19H2,1-3H3/t24-/m0/s1. The van der Waals surface area contributed by atoms with Crippen LogP contribution >= 0.6 is 0 Å². The fraction of sp³-hybridized carbons (Fsp3) is 0.467. The zero-order valence-corrected chi connectivity index (χ0v) is 21.9. The van der Waals surface area contributed by atoms with Gasteiger partial charge in [0.1, 0.15) is 0 Å². The average molecular weight is 502 g/mol. The quantitative estimate of drug-likeness (QED) is 0.431. The van der Waals surface area contributed by atoms with Crippen molar-refractivity contribution in [3.8, 4) is 17.2 Å². The predicted octanol–water partition coefficient (Wildman–Crippen LogP) is 5.41. The molecule has 194 valence electrons. The molecule has 3 aliphatic rings. The van der Waals surface area contributed by atoms with Crippen LogP contribution in [-0.2, 0) is 6.54 Å². The monoisotopic (exact) mass is 501 g/mol. The number of ether oxygens (including phenoxy) is 3. The van der Waals surface area contributed by atoms with Gasteiger partial charge in [-0.1, -0.05) is 30.7 Å². The Labute approximate surface area is 218 Å². The average Bonchev–Trinajstić information content (AvgIpc) is 3.43. The number of rotatable bonds is 7. The van der Waals surface area contributed by atoms with Gasteiger partial charge in [-0.25, -0.2) is 0 Å². The summed E-state index contributed by atoms with van der Waals surface area (Å²) in [7, 11) is 1.59. The molecule has 7 nitrogen and oxygen atoms in total. The Kier molecular flexibility index (Phi) is 6.19. The molecule has 0 spiro atoms. The molecule has 1 aromatic heterocycles. The molecule has 2 aliphatic heterocycles. The Hall–Kier alpha value is -3.32. The highest BCUT2D eigenvalue weighted by molar-refractivity contribution is 5.96. The van der Waals surface area contributed by atoms with Crippen molar-refractivity contribution in [1.82, 2.24) is 14.8 Å². The van der Waals surface area contributed by atoms with Crippen LogP contribution in [0.2, 0.25) is 0 Å². The molecular formula is C30H35N3O4. The van der Waals surface area contributed by atoms with Crippen molar-refractivity contribution in [2.24, 2.45) is 0 Å². The zero-order valence-electron chi connectivity index (χ0n) is 21.9. The van der Waals surface area contributed by atoms with Crippen LogP contribution in [0.1, 0.15) is 62.0 Å². The van der Waals surface area contributed by atoms with E-state index in [9.17, 15) is 4.79 Å². The Morgan fingerprint density at radius 3 is 2.73 bits per heavy atom. The molecule has 1 saturated heterocycles. The topological polar surface area (TPSA) is 64.1 Å². The Morgan fingerprint density at radius 2 is 1.95 bits per heavy atom. The van der Waals surface area contributed by atoms with Gasteiger partial charge in [0.15, 0.2) is 11.5 Å². The van der Waals surface area contributed by atoms with E-state index in [0.29, 0.717) is 48.0 Å². The minimum Gasteiger partial charge on any atom is -0.493 e. The van der Waals surface area contributed by atoms with Crippen LogP contribution in [0.5, 0.6) is 17.2 Å². The molecule has 1 amide bonds. The van der Waals surface area contributed by atoms with Gasteiger partial charge in [-0.2, -0.15) is 0 Å². The number of hydrogen-bond donors (Lipinski definition) is 0. The lowest BCUT2D eigenvalue weighted by molar-refractivity contribution is -0.0439. The van der Waals surface area contributed by atoms with Crippen LogP contribution in [-0.4, -0.2) is 58.8 Å². The van der Waals surface area contributed by atoms with Gasteiger partial charge in [-0.05, 0) is 56.5 Å². The third kappa shape index (κ3) is 4.73. The first-order valence-electron chi connectivity index (χ1n) is 13.4. The second-order valence-corrected chi connectivity index (χ2v) is 10.9. The first kappa shape index (κ1) is 24.0. The molecule has 37 heavy (non-hydrogen) atoms. The molecule has 1 atom stereocenters. The molecule has 2 fully saturated rings. The van der Waals surface area contributed by atoms with Gasteiger partial charge in [-0.15, -0.1) is 0 Å². The van der Waals surface area contributed by atoms with Gasteiger partial charge in [-0.3, -0.25) is 14.7 Å². The van der Waals surface area contributed by atoms with Crippen molar-refractivity contribution in [3.05, 3.63) is 59.8 Å². The molecule has 6 rings (SSSR count). The number of carbonyl (C=O) groups is 1. The summed E-state index contributed by atoms with van der Waals surface area (Å²) >= 11 is 0. The fourth-order valence-corrected chi connectivity index (χ4v) is 5.86. The predicted molar refractivity (Wildman–Crippen MR) is 142 cm³/mol. The Balaban J connectivity index is 1.32. The van der Waals surface area contributed by atoms with E-state index < -0.39 is 5.79 Å². The van der Waals surface area contributed by atoms with Crippen molar-refractivity contribution in [2.45, 2.75) is 70.4 Å². The van der Waals surface area contributed by atoms with Gasteiger partial charge in [0, 0.05) is 43.4 Å². The van der Waals surface area contributed by atoms with E-state index in [1.165, 1.54) is 25.7 Å². The van der Waals surface area contributed by atoms with Crippen molar-refractivity contribution >= 4 is 16.8 Å². The first-order chi connectivity index (χ1) is 17.9. The maximum atomic E-state index is 14.1. The third-order valence-electron chi connectivity index (χ3n) is 7.88. The summed E-state index contributed by atoms with van der Waals surface area (Å²) in [5, 5.41) is 1.10. The summed E-state index contributed by atoms with van der Waals surface area (Å²) in [6.45, 7) is 5.94. The summed E-state index contributed by atoms with van der Waals surface area (Å²) in [6.07, 6.45) is 6.15. The maximum absolute atomic E-state index is 14.1. The largest absolute Gasteiger partial charge is 0.493 e. The van der Waals surface area contributed by atoms with Crippen LogP contribution in [0.4, 0.5) is 0 Å². The number of aromatic nitrogens is 1. The number of methoxy groups -OCH3 is 1. The molecule has 0 bridgehead atoms. The van der Waals surface area contributed by atoms with Gasteiger partial charge in [0.25, 0.3) is 5.91 Å². The molecule has 3 heterocycles. The number of amides is 1. The van der Waals surface area contributed by atoms with Crippen LogP contribution in [0.3, 0.4) is 0 Å². The highest BCUT2D eigenvalue weighted by Crippen LogP contribution is 2.47. The molecule has 0 unspecified atom stereocenters. The fourth-order valence-electron chi connectivity index (χ4n) is 5.86. The highest BCUT2D eigenvalue weighted by atomic mass is 16.7. The smallest absolute Gasteiger partial charge is 0.254 e. The lowest BCUT2D eigenvalue weighted by Gasteiger charge is -2.40. The summed E-state index contributed by atoms with van der Waals surface area (Å²) in [5.74, 6) is 0.725.